The predicted octanol–water partition coefficient (Wildman–Crippen LogP) is 1.51. The molecule has 1 aliphatic carbocycles. The molecule has 3 N–H and O–H groups in total. The molecule has 0 aliphatic heterocycles. The van der Waals surface area contributed by atoms with E-state index in [1.807, 2.05) is 0 Å². The Bertz CT molecular complexity index is 924. The summed E-state index contributed by atoms with van der Waals surface area (Å²) in [5, 5.41) is 14.2. The molecule has 1 saturated carbocycles. The van der Waals surface area contributed by atoms with Crippen molar-refractivity contribution in [1.82, 2.24) is 15.0 Å². The molecular formula is C18H20N4O4. The summed E-state index contributed by atoms with van der Waals surface area (Å²) >= 11 is 0. The molecule has 0 bridgehead atoms. The standard InChI is InChI=1S/C18H20N4O4/c23-15(12-7-3-1-4-8-12)21-19-11-14-16(24)20-18(26)22(17(14)25)13-9-5-2-6-10-13/h1,3-4,7-8,11,13,25H,2,5-6,9-10H2,(H,21,23)(H,20,24,26)/b19-11-. The molecule has 0 atom stereocenters. The molecule has 8 heteroatoms. The minimum atomic E-state index is -0.753. The van der Waals surface area contributed by atoms with Gasteiger partial charge in [-0.2, -0.15) is 5.10 Å². The lowest BCUT2D eigenvalue weighted by Gasteiger charge is -2.24. The van der Waals surface area contributed by atoms with Gasteiger partial charge in [-0.25, -0.2) is 10.2 Å². The van der Waals surface area contributed by atoms with Gasteiger partial charge >= 0.3 is 5.69 Å². The Kier molecular flexibility index (Phi) is 5.31. The number of hydrazone groups is 1. The van der Waals surface area contributed by atoms with Crippen LogP contribution in [0.15, 0.2) is 45.0 Å². The molecule has 0 radical (unpaired) electrons. The Balaban J connectivity index is 1.84. The summed E-state index contributed by atoms with van der Waals surface area (Å²) in [7, 11) is 0. The maximum absolute atomic E-state index is 12.1. The zero-order chi connectivity index (χ0) is 18.5. The van der Waals surface area contributed by atoms with Crippen LogP contribution >= 0.6 is 0 Å². The second-order valence-corrected chi connectivity index (χ2v) is 6.22. The summed E-state index contributed by atoms with van der Waals surface area (Å²) in [5.41, 5.74) is 1.16. The summed E-state index contributed by atoms with van der Waals surface area (Å²) in [4.78, 5) is 38.3. The fourth-order valence-electron chi connectivity index (χ4n) is 3.16. The Labute approximate surface area is 149 Å². The number of amides is 1. The van der Waals surface area contributed by atoms with E-state index in [4.69, 9.17) is 0 Å². The predicted molar refractivity (Wildman–Crippen MR) is 96.6 cm³/mol. The molecule has 3 rings (SSSR count). The van der Waals surface area contributed by atoms with Crippen molar-refractivity contribution < 1.29 is 9.90 Å². The van der Waals surface area contributed by atoms with E-state index in [9.17, 15) is 19.5 Å². The van der Waals surface area contributed by atoms with Crippen molar-refractivity contribution in [3.05, 3.63) is 62.3 Å². The number of nitrogens with one attached hydrogen (secondary N) is 2. The van der Waals surface area contributed by atoms with Gasteiger partial charge in [-0.1, -0.05) is 37.5 Å². The molecule has 1 fully saturated rings. The van der Waals surface area contributed by atoms with Crippen molar-refractivity contribution in [1.29, 1.82) is 0 Å². The fourth-order valence-corrected chi connectivity index (χ4v) is 3.16. The Morgan fingerprint density at radius 3 is 2.58 bits per heavy atom. The zero-order valence-electron chi connectivity index (χ0n) is 14.1. The van der Waals surface area contributed by atoms with E-state index >= 15 is 0 Å². The smallest absolute Gasteiger partial charge is 0.331 e. The summed E-state index contributed by atoms with van der Waals surface area (Å²) in [6.07, 6.45) is 5.60. The van der Waals surface area contributed by atoms with Crippen molar-refractivity contribution >= 4 is 12.1 Å². The van der Waals surface area contributed by atoms with E-state index in [-0.39, 0.29) is 11.6 Å². The van der Waals surface area contributed by atoms with Gasteiger partial charge in [0.15, 0.2) is 0 Å². The fraction of sp³-hybridized carbons (Fsp3) is 0.333. The minimum Gasteiger partial charge on any atom is -0.494 e. The van der Waals surface area contributed by atoms with Crippen LogP contribution in [0.3, 0.4) is 0 Å². The van der Waals surface area contributed by atoms with Crippen LogP contribution in [0.4, 0.5) is 0 Å². The van der Waals surface area contributed by atoms with Crippen LogP contribution in [0, 0.1) is 0 Å². The molecule has 1 aromatic heterocycles. The van der Waals surface area contributed by atoms with E-state index in [0.29, 0.717) is 5.56 Å². The number of benzene rings is 1. The number of hydrogen-bond acceptors (Lipinski definition) is 5. The van der Waals surface area contributed by atoms with Gasteiger partial charge in [-0.15, -0.1) is 0 Å². The highest BCUT2D eigenvalue weighted by Crippen LogP contribution is 2.29. The third-order valence-corrected chi connectivity index (χ3v) is 4.49. The van der Waals surface area contributed by atoms with E-state index in [1.54, 1.807) is 30.3 Å². The van der Waals surface area contributed by atoms with Crippen LogP contribution in [0.5, 0.6) is 5.88 Å². The van der Waals surface area contributed by atoms with Crippen molar-refractivity contribution in [2.75, 3.05) is 0 Å². The normalized spacial score (nSPS) is 15.2. The van der Waals surface area contributed by atoms with Crippen LogP contribution in [0.25, 0.3) is 0 Å². The van der Waals surface area contributed by atoms with Gasteiger partial charge in [0.25, 0.3) is 11.5 Å². The maximum atomic E-state index is 12.1. The Hall–Kier alpha value is -3.16. The second kappa shape index (κ2) is 7.81. The minimum absolute atomic E-state index is 0.154. The molecule has 1 heterocycles. The second-order valence-electron chi connectivity index (χ2n) is 6.22. The molecule has 0 spiro atoms. The lowest BCUT2D eigenvalue weighted by Crippen LogP contribution is -2.35. The lowest BCUT2D eigenvalue weighted by molar-refractivity contribution is 0.0955. The summed E-state index contributed by atoms with van der Waals surface area (Å²) in [5.74, 6) is -0.873. The van der Waals surface area contributed by atoms with Crippen LogP contribution in [-0.2, 0) is 0 Å². The van der Waals surface area contributed by atoms with Gasteiger partial charge in [0, 0.05) is 11.6 Å². The number of aromatic amines is 1. The van der Waals surface area contributed by atoms with Crippen LogP contribution in [0.2, 0.25) is 0 Å². The van der Waals surface area contributed by atoms with Gasteiger partial charge in [0.2, 0.25) is 5.88 Å². The highest BCUT2D eigenvalue weighted by atomic mass is 16.3. The van der Waals surface area contributed by atoms with Gasteiger partial charge in [0.05, 0.1) is 6.21 Å². The van der Waals surface area contributed by atoms with E-state index in [1.165, 1.54) is 4.57 Å². The molecule has 1 aliphatic rings. The number of H-pyrrole nitrogens is 1. The van der Waals surface area contributed by atoms with E-state index in [0.717, 1.165) is 38.3 Å². The number of nitrogens with zero attached hydrogens (tertiary/aromatic N) is 2. The SMILES string of the molecule is O=C(N/N=C\c1c(O)n(C2CCCCC2)c(=O)[nH]c1=O)c1ccccc1. The molecule has 2 aromatic rings. The number of carbonyl (C=O) groups is 1. The number of rotatable bonds is 4. The topological polar surface area (TPSA) is 117 Å². The van der Waals surface area contributed by atoms with Crippen LogP contribution in [-0.4, -0.2) is 26.8 Å². The zero-order valence-corrected chi connectivity index (χ0v) is 14.1. The molecule has 0 unspecified atom stereocenters. The highest BCUT2D eigenvalue weighted by molar-refractivity contribution is 5.94. The molecule has 136 valence electrons. The van der Waals surface area contributed by atoms with Crippen molar-refractivity contribution in [2.45, 2.75) is 38.1 Å². The average molecular weight is 356 g/mol. The lowest BCUT2D eigenvalue weighted by atomic mass is 9.95. The average Bonchev–Trinajstić information content (AvgIpc) is 2.65. The van der Waals surface area contributed by atoms with Crippen LogP contribution in [0.1, 0.15) is 54.1 Å². The molecular weight excluding hydrogens is 336 g/mol. The van der Waals surface area contributed by atoms with E-state index in [2.05, 4.69) is 15.5 Å². The van der Waals surface area contributed by atoms with Gasteiger partial charge in [-0.3, -0.25) is 19.1 Å². The molecule has 8 nitrogen and oxygen atoms in total. The number of aromatic hydroxyl groups is 1. The number of hydrogen-bond donors (Lipinski definition) is 3. The molecule has 0 saturated heterocycles. The van der Waals surface area contributed by atoms with Crippen molar-refractivity contribution in [3.63, 3.8) is 0 Å². The van der Waals surface area contributed by atoms with Crippen LogP contribution < -0.4 is 16.7 Å². The van der Waals surface area contributed by atoms with Crippen molar-refractivity contribution in [3.8, 4) is 5.88 Å². The first-order valence-corrected chi connectivity index (χ1v) is 8.54. The van der Waals surface area contributed by atoms with Gasteiger partial charge < -0.3 is 5.11 Å². The molecule has 26 heavy (non-hydrogen) atoms. The Morgan fingerprint density at radius 2 is 1.88 bits per heavy atom. The van der Waals surface area contributed by atoms with Crippen molar-refractivity contribution in [2.24, 2.45) is 5.10 Å². The monoisotopic (exact) mass is 356 g/mol. The van der Waals surface area contributed by atoms with E-state index < -0.39 is 23.0 Å². The summed E-state index contributed by atoms with van der Waals surface area (Å²) in [6.45, 7) is 0. The van der Waals surface area contributed by atoms with Gasteiger partial charge in [0.1, 0.15) is 5.56 Å². The number of carbonyl (C=O) groups excluding carboxylic acids is 1. The third-order valence-electron chi connectivity index (χ3n) is 4.49. The Morgan fingerprint density at radius 1 is 1.19 bits per heavy atom. The third kappa shape index (κ3) is 3.74. The number of aromatic nitrogens is 2. The first-order valence-electron chi connectivity index (χ1n) is 8.54. The van der Waals surface area contributed by atoms with Gasteiger partial charge in [-0.05, 0) is 25.0 Å². The largest absolute Gasteiger partial charge is 0.494 e. The summed E-state index contributed by atoms with van der Waals surface area (Å²) < 4.78 is 1.21. The highest BCUT2D eigenvalue weighted by Gasteiger charge is 2.22. The first kappa shape index (κ1) is 17.7. The first-order chi connectivity index (χ1) is 12.6. The summed E-state index contributed by atoms with van der Waals surface area (Å²) in [6, 6.07) is 8.31. The molecule has 1 aromatic carbocycles. The maximum Gasteiger partial charge on any atom is 0.331 e. The quantitative estimate of drug-likeness (QED) is 0.569. The molecule has 1 amide bonds.